The van der Waals surface area contributed by atoms with Crippen molar-refractivity contribution in [3.05, 3.63) is 0 Å². The van der Waals surface area contributed by atoms with Gasteiger partial charge in [-0.3, -0.25) is 0 Å². The molecule has 2 unspecified atom stereocenters. The van der Waals surface area contributed by atoms with E-state index in [4.69, 9.17) is 43.3 Å². The van der Waals surface area contributed by atoms with E-state index in [-0.39, 0.29) is 12.7 Å². The second-order valence-electron chi connectivity index (χ2n) is 3.37. The van der Waals surface area contributed by atoms with Gasteiger partial charge in [0, 0.05) is 0 Å². The lowest BCUT2D eigenvalue weighted by atomic mass is 10.4. The van der Waals surface area contributed by atoms with Gasteiger partial charge in [-0.25, -0.2) is 4.79 Å². The number of carboxylic acid groups (broad SMARTS) is 1. The Bertz CT molecular complexity index is 191. The monoisotopic (exact) mass is 276 g/mol. The van der Waals surface area contributed by atoms with E-state index in [1.807, 2.05) is 0 Å². The summed E-state index contributed by atoms with van der Waals surface area (Å²) in [5.41, 5.74) is 0. The smallest absolute Gasteiger partial charge is 0.339 e. The van der Waals surface area contributed by atoms with E-state index in [0.29, 0.717) is 6.61 Å². The molecule has 0 bridgehead atoms. The number of halogens is 2. The highest BCUT2D eigenvalue weighted by Crippen LogP contribution is 2.18. The highest BCUT2D eigenvalue weighted by atomic mass is 35.5. The van der Waals surface area contributed by atoms with Crippen LogP contribution in [0.1, 0.15) is 20.8 Å². The largest absolute Gasteiger partial charge is 0.479 e. The number of hydrogen-bond acceptors (Lipinski definition) is 4. The first-order valence-corrected chi connectivity index (χ1v) is 5.38. The Morgan fingerprint density at radius 1 is 1.44 bits per heavy atom. The van der Waals surface area contributed by atoms with Crippen LogP contribution in [0, 0.1) is 0 Å². The maximum atomic E-state index is 9.76. The molecule has 0 aromatic rings. The topological polar surface area (TPSA) is 87.0 Å². The molecule has 5 nitrogen and oxygen atoms in total. The van der Waals surface area contributed by atoms with Crippen molar-refractivity contribution in [3.8, 4) is 0 Å². The zero-order valence-electron chi connectivity index (χ0n) is 9.48. The fourth-order valence-corrected chi connectivity index (χ4v) is 0.356. The summed E-state index contributed by atoms with van der Waals surface area (Å²) in [5.74, 6) is -1.23. The zero-order valence-corrected chi connectivity index (χ0v) is 11.0. The number of rotatable bonds is 5. The molecule has 0 fully saturated rings. The van der Waals surface area contributed by atoms with Crippen LogP contribution < -0.4 is 0 Å². The van der Waals surface area contributed by atoms with Crippen LogP contribution in [0.25, 0.3) is 0 Å². The van der Waals surface area contributed by atoms with Gasteiger partial charge in [0.05, 0.1) is 25.4 Å². The average molecular weight is 277 g/mol. The van der Waals surface area contributed by atoms with Crippen molar-refractivity contribution in [2.75, 3.05) is 13.2 Å². The standard InChI is InChI=1S/C6H14O3.C3H4Cl2O2/c1-5(8)4-9-6(2)3-7;1-3(4,5)2(6)7/h5-8H,3-4H2,1-2H3;1H3,(H,6,7). The quantitative estimate of drug-likeness (QED) is 0.653. The molecule has 0 aromatic carbocycles. The number of aliphatic carboxylic acids is 1. The van der Waals surface area contributed by atoms with Crippen molar-refractivity contribution < 1.29 is 24.9 Å². The molecule has 7 heteroatoms. The van der Waals surface area contributed by atoms with Crippen LogP contribution in [0.2, 0.25) is 0 Å². The van der Waals surface area contributed by atoms with Gasteiger partial charge in [-0.15, -0.1) is 0 Å². The molecule has 0 aliphatic carbocycles. The van der Waals surface area contributed by atoms with Gasteiger partial charge in [-0.2, -0.15) is 0 Å². The van der Waals surface area contributed by atoms with Gasteiger partial charge in [-0.1, -0.05) is 23.2 Å². The van der Waals surface area contributed by atoms with Crippen LogP contribution in [-0.2, 0) is 9.53 Å². The van der Waals surface area contributed by atoms with Crippen molar-refractivity contribution in [2.24, 2.45) is 0 Å². The van der Waals surface area contributed by atoms with Gasteiger partial charge in [0.25, 0.3) is 0 Å². The number of hydrogen-bond donors (Lipinski definition) is 3. The van der Waals surface area contributed by atoms with Gasteiger partial charge < -0.3 is 20.1 Å². The minimum absolute atomic E-state index is 0.00667. The Morgan fingerprint density at radius 2 is 1.81 bits per heavy atom. The van der Waals surface area contributed by atoms with Gasteiger partial charge in [0.2, 0.25) is 4.33 Å². The van der Waals surface area contributed by atoms with Crippen molar-refractivity contribution in [2.45, 2.75) is 37.3 Å². The fraction of sp³-hybridized carbons (Fsp3) is 0.889. The molecule has 2 atom stereocenters. The second kappa shape index (κ2) is 9.01. The first-order chi connectivity index (χ1) is 7.11. The van der Waals surface area contributed by atoms with Crippen molar-refractivity contribution in [1.29, 1.82) is 0 Å². The first-order valence-electron chi connectivity index (χ1n) is 4.63. The van der Waals surface area contributed by atoms with E-state index in [0.717, 1.165) is 0 Å². The van der Waals surface area contributed by atoms with Crippen molar-refractivity contribution in [1.82, 2.24) is 0 Å². The second-order valence-corrected chi connectivity index (χ2v) is 5.07. The molecule has 0 heterocycles. The van der Waals surface area contributed by atoms with Crippen LogP contribution in [0.15, 0.2) is 0 Å². The Balaban J connectivity index is 0. The van der Waals surface area contributed by atoms with Gasteiger partial charge >= 0.3 is 5.97 Å². The van der Waals surface area contributed by atoms with Crippen LogP contribution in [0.3, 0.4) is 0 Å². The molecule has 3 N–H and O–H groups in total. The van der Waals surface area contributed by atoms with E-state index in [2.05, 4.69) is 0 Å². The lowest BCUT2D eigenvalue weighted by Gasteiger charge is -2.10. The van der Waals surface area contributed by atoms with E-state index in [9.17, 15) is 4.79 Å². The minimum atomic E-state index is -1.64. The molecular weight excluding hydrogens is 259 g/mol. The summed E-state index contributed by atoms with van der Waals surface area (Å²) >= 11 is 10.1. The number of aliphatic hydroxyl groups excluding tert-OH is 2. The Kier molecular flexibility index (Phi) is 10.3. The summed E-state index contributed by atoms with van der Waals surface area (Å²) in [4.78, 5) is 9.76. The van der Waals surface area contributed by atoms with E-state index < -0.39 is 16.4 Å². The lowest BCUT2D eigenvalue weighted by molar-refractivity contribution is -0.137. The van der Waals surface area contributed by atoms with Gasteiger partial charge in [0.15, 0.2) is 0 Å². The first kappa shape index (κ1) is 18.3. The molecule has 0 amide bonds. The number of carbonyl (C=O) groups is 1. The SMILES string of the molecule is CC(Cl)(Cl)C(=O)O.CC(O)COC(C)CO. The number of carboxylic acids is 1. The predicted octanol–water partition coefficient (Wildman–Crippen LogP) is 1.03. The highest BCUT2D eigenvalue weighted by Gasteiger charge is 2.25. The molecule has 0 saturated carbocycles. The summed E-state index contributed by atoms with van der Waals surface area (Å²) in [6.45, 7) is 4.89. The molecule has 0 rings (SSSR count). The molecule has 0 aliphatic heterocycles. The number of aliphatic hydroxyl groups is 2. The van der Waals surface area contributed by atoms with Crippen LogP contribution in [0.4, 0.5) is 0 Å². The molecule has 0 aromatic heterocycles. The summed E-state index contributed by atoms with van der Waals surface area (Å²) < 4.78 is 3.31. The highest BCUT2D eigenvalue weighted by molar-refractivity contribution is 6.56. The Hall–Kier alpha value is -0.0700. The van der Waals surface area contributed by atoms with Crippen LogP contribution in [-0.4, -0.2) is 51.0 Å². The zero-order chi connectivity index (χ0) is 13.4. The summed E-state index contributed by atoms with van der Waals surface area (Å²) in [5, 5.41) is 25.1. The summed E-state index contributed by atoms with van der Waals surface area (Å²) in [7, 11) is 0. The van der Waals surface area contributed by atoms with Gasteiger partial charge in [-0.05, 0) is 20.8 Å². The van der Waals surface area contributed by atoms with Crippen LogP contribution in [0.5, 0.6) is 0 Å². The molecule has 0 radical (unpaired) electrons. The third-order valence-electron chi connectivity index (χ3n) is 1.25. The molecular formula is C9H18Cl2O5. The average Bonchev–Trinajstić information content (AvgIpc) is 2.13. The van der Waals surface area contributed by atoms with Gasteiger partial charge in [0.1, 0.15) is 0 Å². The summed E-state index contributed by atoms with van der Waals surface area (Å²) in [6.07, 6.45) is -0.612. The van der Waals surface area contributed by atoms with Crippen molar-refractivity contribution >= 4 is 29.2 Å². The third-order valence-corrected chi connectivity index (χ3v) is 1.58. The minimum Gasteiger partial charge on any atom is -0.479 e. The molecule has 0 saturated heterocycles. The number of ether oxygens (including phenoxy) is 1. The Labute approximate surface area is 105 Å². The van der Waals surface area contributed by atoms with E-state index in [1.54, 1.807) is 13.8 Å². The van der Waals surface area contributed by atoms with Crippen molar-refractivity contribution in [3.63, 3.8) is 0 Å². The van der Waals surface area contributed by atoms with Crippen LogP contribution >= 0.6 is 23.2 Å². The molecule has 98 valence electrons. The molecule has 0 spiro atoms. The van der Waals surface area contributed by atoms with E-state index in [1.165, 1.54) is 6.92 Å². The fourth-order valence-electron chi connectivity index (χ4n) is 0.356. The normalized spacial score (nSPS) is 14.7. The number of alkyl halides is 2. The maximum absolute atomic E-state index is 9.76. The maximum Gasteiger partial charge on any atom is 0.339 e. The Morgan fingerprint density at radius 3 is 2.00 bits per heavy atom. The predicted molar refractivity (Wildman–Crippen MR) is 61.9 cm³/mol. The van der Waals surface area contributed by atoms with E-state index >= 15 is 0 Å². The summed E-state index contributed by atoms with van der Waals surface area (Å²) in [6, 6.07) is 0. The molecule has 16 heavy (non-hydrogen) atoms. The lowest BCUT2D eigenvalue weighted by Crippen LogP contribution is -2.19. The molecule has 0 aliphatic rings. The third kappa shape index (κ3) is 13.9.